The van der Waals surface area contributed by atoms with Crippen LogP contribution in [0.2, 0.25) is 5.02 Å². The van der Waals surface area contributed by atoms with Crippen molar-refractivity contribution in [2.24, 2.45) is 0 Å². The number of carbonyl (C=O) groups excluding carboxylic acids is 1. The second kappa shape index (κ2) is 7.72. The molecule has 2 amide bonds. The predicted molar refractivity (Wildman–Crippen MR) is 111 cm³/mol. The van der Waals surface area contributed by atoms with Gasteiger partial charge in [-0.15, -0.1) is 0 Å². The Hall–Kier alpha value is -3.52. The van der Waals surface area contributed by atoms with Gasteiger partial charge in [0, 0.05) is 46.4 Å². The van der Waals surface area contributed by atoms with Gasteiger partial charge in [0.25, 0.3) is 0 Å². The topological polar surface area (TPSA) is 69.8 Å². The zero-order chi connectivity index (χ0) is 21.3. The molecule has 152 valence electrons. The standard InChI is InChI=1S/C21H14ClF3N4O/c22-18-6-5-14(9-17(18)21(23,24)25)29-20(30)28-13-3-1-12(2-4-13)15-11-27-19-7-8-26-10-16(15)19/h1-11,27H,(H2,28,29,30). The predicted octanol–water partition coefficient (Wildman–Crippen LogP) is 6.55. The van der Waals surface area contributed by atoms with Gasteiger partial charge in [0.15, 0.2) is 0 Å². The Kier molecular flexibility index (Phi) is 5.09. The summed E-state index contributed by atoms with van der Waals surface area (Å²) in [5, 5.41) is 5.50. The van der Waals surface area contributed by atoms with Crippen molar-refractivity contribution >= 4 is 39.9 Å². The number of anilines is 2. The van der Waals surface area contributed by atoms with E-state index in [0.29, 0.717) is 5.69 Å². The number of hydrogen-bond acceptors (Lipinski definition) is 2. The Labute approximate surface area is 173 Å². The van der Waals surface area contributed by atoms with Gasteiger partial charge in [-0.3, -0.25) is 4.98 Å². The fourth-order valence-electron chi connectivity index (χ4n) is 3.05. The monoisotopic (exact) mass is 430 g/mol. The minimum atomic E-state index is -4.61. The largest absolute Gasteiger partial charge is 0.417 e. The molecule has 30 heavy (non-hydrogen) atoms. The highest BCUT2D eigenvalue weighted by molar-refractivity contribution is 6.31. The lowest BCUT2D eigenvalue weighted by Crippen LogP contribution is -2.19. The number of rotatable bonds is 3. The zero-order valence-corrected chi connectivity index (χ0v) is 16.0. The number of nitrogens with zero attached hydrogens (tertiary/aromatic N) is 1. The number of carbonyl (C=O) groups is 1. The molecule has 0 saturated carbocycles. The minimum absolute atomic E-state index is 0.0212. The van der Waals surface area contributed by atoms with Gasteiger partial charge < -0.3 is 15.6 Å². The Morgan fingerprint density at radius 2 is 1.70 bits per heavy atom. The molecule has 0 radical (unpaired) electrons. The fraction of sp³-hybridized carbons (Fsp3) is 0.0476. The van der Waals surface area contributed by atoms with E-state index in [9.17, 15) is 18.0 Å². The van der Waals surface area contributed by atoms with Gasteiger partial charge in [-0.1, -0.05) is 23.7 Å². The summed E-state index contributed by atoms with van der Waals surface area (Å²) in [7, 11) is 0. The number of aromatic nitrogens is 2. The summed E-state index contributed by atoms with van der Waals surface area (Å²) >= 11 is 5.59. The summed E-state index contributed by atoms with van der Waals surface area (Å²) in [6.07, 6.45) is 0.730. The van der Waals surface area contributed by atoms with Crippen molar-refractivity contribution in [2.45, 2.75) is 6.18 Å². The van der Waals surface area contributed by atoms with Crippen LogP contribution in [0.1, 0.15) is 5.56 Å². The Morgan fingerprint density at radius 1 is 1.00 bits per heavy atom. The molecule has 2 heterocycles. The second-order valence-electron chi connectivity index (χ2n) is 6.47. The Morgan fingerprint density at radius 3 is 2.43 bits per heavy atom. The molecular weight excluding hydrogens is 417 g/mol. The molecule has 4 aromatic rings. The zero-order valence-electron chi connectivity index (χ0n) is 15.2. The molecule has 0 aliphatic heterocycles. The molecule has 0 unspecified atom stereocenters. The summed E-state index contributed by atoms with van der Waals surface area (Å²) in [5.41, 5.74) is 2.30. The fourth-order valence-corrected chi connectivity index (χ4v) is 3.27. The number of urea groups is 1. The molecule has 0 saturated heterocycles. The van der Waals surface area contributed by atoms with Crippen LogP contribution in [0.15, 0.2) is 67.1 Å². The lowest BCUT2D eigenvalue weighted by Gasteiger charge is -2.12. The number of alkyl halides is 3. The Bertz CT molecular complexity index is 1220. The number of benzene rings is 2. The molecule has 2 aromatic carbocycles. The first-order chi connectivity index (χ1) is 14.3. The van der Waals surface area contributed by atoms with Crippen LogP contribution in [0, 0.1) is 0 Å². The van der Waals surface area contributed by atoms with E-state index in [1.807, 2.05) is 24.4 Å². The maximum atomic E-state index is 12.9. The van der Waals surface area contributed by atoms with Gasteiger partial charge in [0.2, 0.25) is 0 Å². The molecule has 0 bridgehead atoms. The van der Waals surface area contributed by atoms with Crippen molar-refractivity contribution in [3.8, 4) is 11.1 Å². The quantitative estimate of drug-likeness (QED) is 0.345. The molecule has 2 aromatic heterocycles. The summed E-state index contributed by atoms with van der Waals surface area (Å²) in [6.45, 7) is 0. The SMILES string of the molecule is O=C(Nc1ccc(-c2c[nH]c3ccncc23)cc1)Nc1ccc(Cl)c(C(F)(F)F)c1. The molecule has 4 rings (SSSR count). The molecule has 3 N–H and O–H groups in total. The van der Waals surface area contributed by atoms with Crippen LogP contribution >= 0.6 is 11.6 Å². The van der Waals surface area contributed by atoms with Gasteiger partial charge in [0.1, 0.15) is 0 Å². The van der Waals surface area contributed by atoms with Crippen LogP contribution in [-0.4, -0.2) is 16.0 Å². The molecule has 0 atom stereocenters. The van der Waals surface area contributed by atoms with E-state index >= 15 is 0 Å². The third-order valence-corrected chi connectivity index (χ3v) is 4.80. The minimum Gasteiger partial charge on any atom is -0.360 e. The third-order valence-electron chi connectivity index (χ3n) is 4.47. The first-order valence-electron chi connectivity index (χ1n) is 8.77. The van der Waals surface area contributed by atoms with Crippen molar-refractivity contribution in [3.05, 3.63) is 77.7 Å². The average Bonchev–Trinajstić information content (AvgIpc) is 3.13. The van der Waals surface area contributed by atoms with Crippen LogP contribution in [0.5, 0.6) is 0 Å². The summed E-state index contributed by atoms with van der Waals surface area (Å²) in [4.78, 5) is 19.5. The maximum Gasteiger partial charge on any atom is 0.417 e. The van der Waals surface area contributed by atoms with Crippen LogP contribution < -0.4 is 10.6 Å². The van der Waals surface area contributed by atoms with Crippen molar-refractivity contribution in [1.29, 1.82) is 0 Å². The van der Waals surface area contributed by atoms with Gasteiger partial charge in [-0.2, -0.15) is 13.2 Å². The first-order valence-corrected chi connectivity index (χ1v) is 9.15. The number of halogens is 4. The Balaban J connectivity index is 1.47. The molecular formula is C21H14ClF3N4O. The number of hydrogen-bond donors (Lipinski definition) is 3. The molecule has 0 spiro atoms. The molecule has 0 fully saturated rings. The highest BCUT2D eigenvalue weighted by atomic mass is 35.5. The van der Waals surface area contributed by atoms with Crippen LogP contribution in [0.4, 0.5) is 29.3 Å². The maximum absolute atomic E-state index is 12.9. The van der Waals surface area contributed by atoms with Gasteiger partial charge >= 0.3 is 12.2 Å². The number of nitrogens with one attached hydrogen (secondary N) is 3. The highest BCUT2D eigenvalue weighted by Gasteiger charge is 2.33. The normalized spacial score (nSPS) is 11.5. The third kappa shape index (κ3) is 4.08. The number of pyridine rings is 1. The summed E-state index contributed by atoms with van der Waals surface area (Å²) in [6, 6.07) is 11.4. The van der Waals surface area contributed by atoms with E-state index in [-0.39, 0.29) is 5.69 Å². The van der Waals surface area contributed by atoms with Crippen LogP contribution in [-0.2, 0) is 6.18 Å². The van der Waals surface area contributed by atoms with E-state index in [2.05, 4.69) is 20.6 Å². The molecule has 0 aliphatic rings. The molecule has 5 nitrogen and oxygen atoms in total. The van der Waals surface area contributed by atoms with Gasteiger partial charge in [-0.05, 0) is 42.0 Å². The first kappa shape index (κ1) is 19.8. The number of aromatic amines is 1. The smallest absolute Gasteiger partial charge is 0.360 e. The summed E-state index contributed by atoms with van der Waals surface area (Å²) in [5.74, 6) is 0. The van der Waals surface area contributed by atoms with Gasteiger partial charge in [0.05, 0.1) is 10.6 Å². The van der Waals surface area contributed by atoms with Crippen molar-refractivity contribution in [2.75, 3.05) is 10.6 Å². The van der Waals surface area contributed by atoms with Gasteiger partial charge in [-0.25, -0.2) is 4.79 Å². The van der Waals surface area contributed by atoms with Crippen LogP contribution in [0.3, 0.4) is 0 Å². The lowest BCUT2D eigenvalue weighted by atomic mass is 10.1. The van der Waals surface area contributed by atoms with E-state index in [1.165, 1.54) is 6.07 Å². The highest BCUT2D eigenvalue weighted by Crippen LogP contribution is 2.36. The van der Waals surface area contributed by atoms with E-state index in [4.69, 9.17) is 11.6 Å². The lowest BCUT2D eigenvalue weighted by molar-refractivity contribution is -0.137. The molecule has 0 aliphatic carbocycles. The molecule has 9 heteroatoms. The average molecular weight is 431 g/mol. The second-order valence-corrected chi connectivity index (χ2v) is 6.88. The number of H-pyrrole nitrogens is 1. The number of fused-ring (bicyclic) bond motifs is 1. The van der Waals surface area contributed by atoms with E-state index in [1.54, 1.807) is 24.5 Å². The van der Waals surface area contributed by atoms with Crippen LogP contribution in [0.25, 0.3) is 22.0 Å². The summed E-state index contributed by atoms with van der Waals surface area (Å²) < 4.78 is 38.8. The van der Waals surface area contributed by atoms with Crippen molar-refractivity contribution < 1.29 is 18.0 Å². The van der Waals surface area contributed by atoms with E-state index < -0.39 is 22.8 Å². The van der Waals surface area contributed by atoms with Crippen molar-refractivity contribution in [3.63, 3.8) is 0 Å². The van der Waals surface area contributed by atoms with Crippen molar-refractivity contribution in [1.82, 2.24) is 9.97 Å². The van der Waals surface area contributed by atoms with E-state index in [0.717, 1.165) is 34.2 Å². The number of amides is 2.